The van der Waals surface area contributed by atoms with Crippen molar-refractivity contribution in [3.8, 4) is 5.75 Å². The van der Waals surface area contributed by atoms with Gasteiger partial charge in [-0.15, -0.1) is 0 Å². The van der Waals surface area contributed by atoms with E-state index in [2.05, 4.69) is 35.1 Å². The molecule has 0 aliphatic rings. The van der Waals surface area contributed by atoms with Crippen LogP contribution in [0.15, 0.2) is 22.7 Å². The number of hydrogen-bond acceptors (Lipinski definition) is 3. The van der Waals surface area contributed by atoms with Gasteiger partial charge in [0.1, 0.15) is 5.75 Å². The van der Waals surface area contributed by atoms with Crippen LogP contribution < -0.4 is 10.1 Å². The fourth-order valence-electron chi connectivity index (χ4n) is 1.60. The summed E-state index contributed by atoms with van der Waals surface area (Å²) in [5, 5.41) is 2.87. The second kappa shape index (κ2) is 8.97. The quantitative estimate of drug-likeness (QED) is 0.737. The van der Waals surface area contributed by atoms with Gasteiger partial charge in [-0.1, -0.05) is 13.8 Å². The molecule has 1 N–H and O–H groups in total. The number of hydrogen-bond donors (Lipinski definition) is 1. The summed E-state index contributed by atoms with van der Waals surface area (Å²) in [7, 11) is 1.58. The third-order valence-corrected chi connectivity index (χ3v) is 3.31. The molecule has 0 aliphatic heterocycles. The molecule has 0 bridgehead atoms. The van der Waals surface area contributed by atoms with Gasteiger partial charge in [-0.05, 0) is 46.5 Å². The van der Waals surface area contributed by atoms with Crippen LogP contribution in [-0.4, -0.2) is 32.8 Å². The Balaban J connectivity index is 2.36. The van der Waals surface area contributed by atoms with E-state index in [0.29, 0.717) is 30.4 Å². The van der Waals surface area contributed by atoms with Gasteiger partial charge in [-0.2, -0.15) is 0 Å². The van der Waals surface area contributed by atoms with Gasteiger partial charge in [0.25, 0.3) is 5.91 Å². The largest absolute Gasteiger partial charge is 0.497 e. The number of halogens is 1. The number of ether oxygens (including phenoxy) is 2. The minimum Gasteiger partial charge on any atom is -0.497 e. The summed E-state index contributed by atoms with van der Waals surface area (Å²) >= 11 is 3.37. The highest BCUT2D eigenvalue weighted by Crippen LogP contribution is 2.22. The zero-order valence-corrected chi connectivity index (χ0v) is 13.8. The number of benzene rings is 1. The van der Waals surface area contributed by atoms with Crippen LogP contribution in [0.2, 0.25) is 0 Å². The molecule has 0 radical (unpaired) electrons. The Morgan fingerprint density at radius 3 is 2.80 bits per heavy atom. The maximum absolute atomic E-state index is 12.0. The first-order valence-electron chi connectivity index (χ1n) is 6.74. The van der Waals surface area contributed by atoms with E-state index in [0.717, 1.165) is 17.5 Å². The van der Waals surface area contributed by atoms with Crippen LogP contribution in [0.4, 0.5) is 0 Å². The van der Waals surface area contributed by atoms with Crippen LogP contribution in [0.3, 0.4) is 0 Å². The molecule has 0 heterocycles. The van der Waals surface area contributed by atoms with Crippen LogP contribution in [0.5, 0.6) is 5.75 Å². The molecular formula is C15H22BrNO3. The number of carbonyl (C=O) groups is 1. The van der Waals surface area contributed by atoms with Crippen molar-refractivity contribution >= 4 is 21.8 Å². The highest BCUT2D eigenvalue weighted by Gasteiger charge is 2.10. The minimum absolute atomic E-state index is 0.111. The summed E-state index contributed by atoms with van der Waals surface area (Å²) in [6.07, 6.45) is 0.806. The summed E-state index contributed by atoms with van der Waals surface area (Å²) < 4.78 is 11.3. The third-order valence-electron chi connectivity index (χ3n) is 2.62. The molecule has 20 heavy (non-hydrogen) atoms. The molecule has 1 amide bonds. The molecule has 4 nitrogen and oxygen atoms in total. The first-order valence-corrected chi connectivity index (χ1v) is 7.53. The van der Waals surface area contributed by atoms with Gasteiger partial charge >= 0.3 is 0 Å². The third kappa shape index (κ3) is 5.92. The van der Waals surface area contributed by atoms with Gasteiger partial charge in [-0.25, -0.2) is 0 Å². The van der Waals surface area contributed by atoms with Crippen molar-refractivity contribution in [1.29, 1.82) is 0 Å². The minimum atomic E-state index is -0.111. The van der Waals surface area contributed by atoms with E-state index in [1.165, 1.54) is 0 Å². The predicted molar refractivity (Wildman–Crippen MR) is 83.3 cm³/mol. The van der Waals surface area contributed by atoms with Crippen molar-refractivity contribution in [3.05, 3.63) is 28.2 Å². The molecule has 1 rings (SSSR count). The second-order valence-corrected chi connectivity index (χ2v) is 5.78. The average molecular weight is 344 g/mol. The Hall–Kier alpha value is -1.07. The van der Waals surface area contributed by atoms with E-state index in [1.54, 1.807) is 25.3 Å². The van der Waals surface area contributed by atoms with Gasteiger partial charge in [0, 0.05) is 24.2 Å². The van der Waals surface area contributed by atoms with Gasteiger partial charge in [0.2, 0.25) is 0 Å². The molecule has 0 spiro atoms. The molecule has 0 fully saturated rings. The van der Waals surface area contributed by atoms with Gasteiger partial charge < -0.3 is 14.8 Å². The molecule has 0 aromatic heterocycles. The van der Waals surface area contributed by atoms with Crippen LogP contribution in [0.25, 0.3) is 0 Å². The van der Waals surface area contributed by atoms with E-state index in [9.17, 15) is 4.79 Å². The van der Waals surface area contributed by atoms with Gasteiger partial charge in [0.05, 0.1) is 12.7 Å². The number of nitrogens with one attached hydrogen (secondary N) is 1. The molecular weight excluding hydrogens is 322 g/mol. The maximum atomic E-state index is 12.0. The molecule has 1 aromatic carbocycles. The first-order chi connectivity index (χ1) is 9.54. The Kier molecular flexibility index (Phi) is 7.62. The summed E-state index contributed by atoms with van der Waals surface area (Å²) in [6.45, 7) is 6.25. The summed E-state index contributed by atoms with van der Waals surface area (Å²) in [4.78, 5) is 12.0. The highest BCUT2D eigenvalue weighted by atomic mass is 79.9. The molecule has 1 aromatic rings. The van der Waals surface area contributed by atoms with Crippen molar-refractivity contribution < 1.29 is 14.3 Å². The molecule has 112 valence electrons. The van der Waals surface area contributed by atoms with E-state index >= 15 is 0 Å². The first kappa shape index (κ1) is 17.0. The Morgan fingerprint density at radius 1 is 1.40 bits per heavy atom. The summed E-state index contributed by atoms with van der Waals surface area (Å²) in [5.41, 5.74) is 0.576. The lowest BCUT2D eigenvalue weighted by atomic mass is 10.2. The highest BCUT2D eigenvalue weighted by molar-refractivity contribution is 9.10. The van der Waals surface area contributed by atoms with Crippen molar-refractivity contribution in [1.82, 2.24) is 5.32 Å². The van der Waals surface area contributed by atoms with E-state index < -0.39 is 0 Å². The number of methoxy groups -OCH3 is 1. The fraction of sp³-hybridized carbons (Fsp3) is 0.533. The normalized spacial score (nSPS) is 10.7. The van der Waals surface area contributed by atoms with Gasteiger partial charge in [0.15, 0.2) is 0 Å². The molecule has 0 unspecified atom stereocenters. The molecule has 0 aliphatic carbocycles. The van der Waals surface area contributed by atoms with Gasteiger partial charge in [-0.3, -0.25) is 4.79 Å². The average Bonchev–Trinajstić information content (AvgIpc) is 2.42. The van der Waals surface area contributed by atoms with Crippen LogP contribution >= 0.6 is 15.9 Å². The second-order valence-electron chi connectivity index (χ2n) is 4.92. The molecule has 0 atom stereocenters. The summed E-state index contributed by atoms with van der Waals surface area (Å²) in [5.74, 6) is 1.09. The molecule has 0 saturated heterocycles. The van der Waals surface area contributed by atoms with Crippen molar-refractivity contribution in [2.75, 3.05) is 26.9 Å². The fourth-order valence-corrected chi connectivity index (χ4v) is 2.02. The van der Waals surface area contributed by atoms with Crippen molar-refractivity contribution in [2.24, 2.45) is 5.92 Å². The van der Waals surface area contributed by atoms with Crippen LogP contribution in [-0.2, 0) is 4.74 Å². The predicted octanol–water partition coefficient (Wildman–Crippen LogP) is 3.25. The lowest BCUT2D eigenvalue weighted by molar-refractivity contribution is 0.0924. The number of rotatable bonds is 8. The monoisotopic (exact) mass is 343 g/mol. The Bertz CT molecular complexity index is 435. The van der Waals surface area contributed by atoms with E-state index in [-0.39, 0.29) is 5.91 Å². The zero-order chi connectivity index (χ0) is 15.0. The lowest BCUT2D eigenvalue weighted by Crippen LogP contribution is -2.25. The summed E-state index contributed by atoms with van der Waals surface area (Å²) in [6, 6.07) is 5.33. The molecule has 0 saturated carbocycles. The molecule has 5 heteroatoms. The van der Waals surface area contributed by atoms with E-state index in [4.69, 9.17) is 9.47 Å². The zero-order valence-electron chi connectivity index (χ0n) is 12.2. The van der Waals surface area contributed by atoms with Crippen molar-refractivity contribution in [2.45, 2.75) is 20.3 Å². The maximum Gasteiger partial charge on any atom is 0.252 e. The Labute approximate surface area is 129 Å². The van der Waals surface area contributed by atoms with E-state index in [1.807, 2.05) is 0 Å². The number of amides is 1. The number of carbonyl (C=O) groups excluding carboxylic acids is 1. The topological polar surface area (TPSA) is 47.6 Å². The standard InChI is InChI=1S/C15H22BrNO3/c1-11(2)10-20-8-4-7-17-15(18)13-9-12(19-3)5-6-14(13)16/h5-6,9,11H,4,7-8,10H2,1-3H3,(H,17,18). The SMILES string of the molecule is COc1ccc(Br)c(C(=O)NCCCOCC(C)C)c1. The smallest absolute Gasteiger partial charge is 0.252 e. The van der Waals surface area contributed by atoms with Crippen LogP contribution in [0.1, 0.15) is 30.6 Å². The lowest BCUT2D eigenvalue weighted by Gasteiger charge is -2.09. The van der Waals surface area contributed by atoms with Crippen molar-refractivity contribution in [3.63, 3.8) is 0 Å². The Morgan fingerprint density at radius 2 is 2.15 bits per heavy atom. The van der Waals surface area contributed by atoms with Crippen LogP contribution in [0, 0.1) is 5.92 Å².